The summed E-state index contributed by atoms with van der Waals surface area (Å²) in [5.74, 6) is -0.214. The molecule has 0 saturated carbocycles. The number of aromatic nitrogens is 3. The normalized spacial score (nSPS) is 11.8. The minimum Gasteiger partial charge on any atom is -0.325 e. The Bertz CT molecular complexity index is 562. The highest BCUT2D eigenvalue weighted by Crippen LogP contribution is 2.11. The van der Waals surface area contributed by atoms with Crippen LogP contribution in [0.5, 0.6) is 0 Å². The Hall–Kier alpha value is -2.47. The Balaban J connectivity index is 1.94. The smallest absolute Gasteiger partial charge is 0.241 e. The van der Waals surface area contributed by atoms with Crippen LogP contribution in [0.15, 0.2) is 49.6 Å². The van der Waals surface area contributed by atoms with Crippen LogP contribution >= 0.6 is 0 Å². The summed E-state index contributed by atoms with van der Waals surface area (Å²) in [5, 5.41) is 6.80. The fourth-order valence-corrected chi connectivity index (χ4v) is 1.72. The summed E-state index contributed by atoms with van der Waals surface area (Å²) >= 11 is 0. The molecule has 1 atom stereocenters. The van der Waals surface area contributed by atoms with Gasteiger partial charge in [-0.2, -0.15) is 5.10 Å². The van der Waals surface area contributed by atoms with Crippen molar-refractivity contribution < 1.29 is 4.79 Å². The first kappa shape index (κ1) is 14.0. The highest BCUT2D eigenvalue weighted by molar-refractivity contribution is 5.94. The molecular weight excluding hydrogens is 254 g/mol. The second-order valence-corrected chi connectivity index (χ2v) is 4.41. The van der Waals surface area contributed by atoms with E-state index >= 15 is 0 Å². The van der Waals surface area contributed by atoms with Crippen LogP contribution < -0.4 is 11.1 Å². The van der Waals surface area contributed by atoms with E-state index in [9.17, 15) is 4.79 Å². The predicted octanol–water partition coefficient (Wildman–Crippen LogP) is 1.17. The van der Waals surface area contributed by atoms with E-state index in [2.05, 4.69) is 22.0 Å². The number of hydrogen-bond donors (Lipinski definition) is 2. The van der Waals surface area contributed by atoms with Crippen LogP contribution in [0, 0.1) is 0 Å². The number of benzene rings is 1. The number of carbonyl (C=O) groups excluding carboxylic acids is 1. The SMILES string of the molecule is C=CCC(N)C(=O)Nc1ccc(Cn2cncn2)cc1. The minimum absolute atomic E-state index is 0.214. The van der Waals surface area contributed by atoms with Crippen molar-refractivity contribution in [2.24, 2.45) is 5.73 Å². The molecule has 2 aromatic rings. The lowest BCUT2D eigenvalue weighted by atomic mass is 10.2. The van der Waals surface area contributed by atoms with Crippen molar-refractivity contribution in [2.45, 2.75) is 19.0 Å². The zero-order chi connectivity index (χ0) is 14.4. The standard InChI is InChI=1S/C14H17N5O/c1-2-3-13(15)14(20)18-12-6-4-11(5-7-12)8-19-10-16-9-17-19/h2,4-7,9-10,13H,1,3,8,15H2,(H,18,20). The van der Waals surface area contributed by atoms with E-state index in [1.807, 2.05) is 24.3 Å². The van der Waals surface area contributed by atoms with Gasteiger partial charge >= 0.3 is 0 Å². The highest BCUT2D eigenvalue weighted by atomic mass is 16.2. The van der Waals surface area contributed by atoms with Crippen molar-refractivity contribution in [1.82, 2.24) is 14.8 Å². The Morgan fingerprint density at radius 3 is 2.80 bits per heavy atom. The van der Waals surface area contributed by atoms with Gasteiger partial charge in [-0.1, -0.05) is 18.2 Å². The number of carbonyl (C=O) groups is 1. The number of hydrogen-bond acceptors (Lipinski definition) is 4. The maximum absolute atomic E-state index is 11.7. The molecule has 1 amide bonds. The number of amides is 1. The van der Waals surface area contributed by atoms with E-state index in [1.54, 1.807) is 17.1 Å². The maximum Gasteiger partial charge on any atom is 0.241 e. The number of nitrogens with one attached hydrogen (secondary N) is 1. The lowest BCUT2D eigenvalue weighted by Gasteiger charge is -2.10. The molecular formula is C14H17N5O. The molecule has 1 unspecified atom stereocenters. The molecule has 0 spiro atoms. The summed E-state index contributed by atoms with van der Waals surface area (Å²) < 4.78 is 1.73. The molecule has 0 fully saturated rings. The summed E-state index contributed by atoms with van der Waals surface area (Å²) in [6.07, 6.45) is 5.24. The zero-order valence-electron chi connectivity index (χ0n) is 11.1. The molecule has 0 bridgehead atoms. The van der Waals surface area contributed by atoms with Crippen LogP contribution in [-0.2, 0) is 11.3 Å². The van der Waals surface area contributed by atoms with Crippen molar-refractivity contribution in [1.29, 1.82) is 0 Å². The minimum atomic E-state index is -0.567. The van der Waals surface area contributed by atoms with Crippen LogP contribution in [0.4, 0.5) is 5.69 Å². The topological polar surface area (TPSA) is 85.8 Å². The fourth-order valence-electron chi connectivity index (χ4n) is 1.72. The first-order valence-electron chi connectivity index (χ1n) is 6.27. The van der Waals surface area contributed by atoms with Crippen LogP contribution in [0.25, 0.3) is 0 Å². The third kappa shape index (κ3) is 3.76. The van der Waals surface area contributed by atoms with Gasteiger partial charge < -0.3 is 11.1 Å². The molecule has 0 aliphatic carbocycles. The van der Waals surface area contributed by atoms with Gasteiger partial charge in [-0.25, -0.2) is 9.67 Å². The van der Waals surface area contributed by atoms with Gasteiger partial charge in [0.2, 0.25) is 5.91 Å². The Morgan fingerprint density at radius 2 is 2.20 bits per heavy atom. The molecule has 2 rings (SSSR count). The molecule has 1 aromatic carbocycles. The quantitative estimate of drug-likeness (QED) is 0.772. The summed E-state index contributed by atoms with van der Waals surface area (Å²) in [7, 11) is 0. The van der Waals surface area contributed by atoms with E-state index in [1.165, 1.54) is 6.33 Å². The van der Waals surface area contributed by atoms with Gasteiger partial charge in [-0.05, 0) is 24.1 Å². The third-order valence-corrected chi connectivity index (χ3v) is 2.79. The fraction of sp³-hybridized carbons (Fsp3) is 0.214. The number of nitrogens with two attached hydrogens (primary N) is 1. The second kappa shape index (κ2) is 6.63. The van der Waals surface area contributed by atoms with E-state index in [-0.39, 0.29) is 5.91 Å². The Morgan fingerprint density at radius 1 is 1.45 bits per heavy atom. The molecule has 20 heavy (non-hydrogen) atoms. The van der Waals surface area contributed by atoms with Gasteiger partial charge in [-0.15, -0.1) is 6.58 Å². The molecule has 3 N–H and O–H groups in total. The Labute approximate surface area is 117 Å². The van der Waals surface area contributed by atoms with E-state index in [0.717, 1.165) is 11.3 Å². The van der Waals surface area contributed by atoms with Gasteiger partial charge in [0.05, 0.1) is 12.6 Å². The average Bonchev–Trinajstić information content (AvgIpc) is 2.94. The summed E-state index contributed by atoms with van der Waals surface area (Å²) in [4.78, 5) is 15.6. The largest absolute Gasteiger partial charge is 0.325 e. The first-order chi connectivity index (χ1) is 9.69. The molecule has 1 aromatic heterocycles. The van der Waals surface area contributed by atoms with E-state index in [4.69, 9.17) is 5.73 Å². The molecule has 1 heterocycles. The molecule has 0 aliphatic heterocycles. The molecule has 0 saturated heterocycles. The number of nitrogens with zero attached hydrogens (tertiary/aromatic N) is 3. The van der Waals surface area contributed by atoms with Gasteiger partial charge in [0, 0.05) is 5.69 Å². The zero-order valence-corrected chi connectivity index (χ0v) is 11.1. The van der Waals surface area contributed by atoms with Crippen LogP contribution in [0.1, 0.15) is 12.0 Å². The summed E-state index contributed by atoms with van der Waals surface area (Å²) in [6.45, 7) is 4.21. The third-order valence-electron chi connectivity index (χ3n) is 2.79. The Kier molecular flexibility index (Phi) is 4.62. The summed E-state index contributed by atoms with van der Waals surface area (Å²) in [6, 6.07) is 6.96. The van der Waals surface area contributed by atoms with Gasteiger partial charge in [0.1, 0.15) is 12.7 Å². The van der Waals surface area contributed by atoms with Crippen molar-refractivity contribution in [3.8, 4) is 0 Å². The van der Waals surface area contributed by atoms with Crippen molar-refractivity contribution >= 4 is 11.6 Å². The first-order valence-corrected chi connectivity index (χ1v) is 6.27. The van der Waals surface area contributed by atoms with E-state index < -0.39 is 6.04 Å². The molecule has 6 nitrogen and oxygen atoms in total. The molecule has 0 radical (unpaired) electrons. The monoisotopic (exact) mass is 271 g/mol. The molecule has 6 heteroatoms. The van der Waals surface area contributed by atoms with Crippen LogP contribution in [0.2, 0.25) is 0 Å². The van der Waals surface area contributed by atoms with Gasteiger partial charge in [0.25, 0.3) is 0 Å². The molecule has 0 aliphatic rings. The maximum atomic E-state index is 11.7. The summed E-state index contributed by atoms with van der Waals surface area (Å²) in [5.41, 5.74) is 7.49. The molecule has 104 valence electrons. The lowest BCUT2D eigenvalue weighted by molar-refractivity contribution is -0.117. The van der Waals surface area contributed by atoms with Crippen LogP contribution in [-0.4, -0.2) is 26.7 Å². The average molecular weight is 271 g/mol. The van der Waals surface area contributed by atoms with Gasteiger partial charge in [-0.3, -0.25) is 4.79 Å². The number of rotatable bonds is 6. The van der Waals surface area contributed by atoms with Crippen molar-refractivity contribution in [2.75, 3.05) is 5.32 Å². The van der Waals surface area contributed by atoms with Crippen molar-refractivity contribution in [3.05, 3.63) is 55.1 Å². The highest BCUT2D eigenvalue weighted by Gasteiger charge is 2.11. The van der Waals surface area contributed by atoms with Gasteiger partial charge in [0.15, 0.2) is 0 Å². The second-order valence-electron chi connectivity index (χ2n) is 4.41. The number of anilines is 1. The predicted molar refractivity (Wildman–Crippen MR) is 77.0 cm³/mol. The van der Waals surface area contributed by atoms with Crippen molar-refractivity contribution in [3.63, 3.8) is 0 Å². The lowest BCUT2D eigenvalue weighted by Crippen LogP contribution is -2.35. The van der Waals surface area contributed by atoms with E-state index in [0.29, 0.717) is 13.0 Å². The van der Waals surface area contributed by atoms with Crippen LogP contribution in [0.3, 0.4) is 0 Å².